The van der Waals surface area contributed by atoms with Gasteiger partial charge in [0, 0.05) is 17.1 Å². The summed E-state index contributed by atoms with van der Waals surface area (Å²) >= 11 is 1.71. The molecule has 0 bridgehead atoms. The fourth-order valence-electron chi connectivity index (χ4n) is 2.17. The van der Waals surface area contributed by atoms with E-state index in [1.54, 1.807) is 11.3 Å². The first-order valence-electron chi connectivity index (χ1n) is 6.46. The maximum atomic E-state index is 4.31. The van der Waals surface area contributed by atoms with Gasteiger partial charge in [0.15, 0.2) is 0 Å². The Hall–Kier alpha value is -1.39. The minimum atomic E-state index is 0.294. The number of nitrogens with zero attached hydrogens (tertiary/aromatic N) is 2. The molecule has 1 aromatic carbocycles. The molecule has 0 aliphatic carbocycles. The number of nitrogens with one attached hydrogen (secondary N) is 1. The van der Waals surface area contributed by atoms with E-state index in [0.29, 0.717) is 6.04 Å². The number of anilines is 1. The Morgan fingerprint density at radius 1 is 1.37 bits per heavy atom. The second-order valence-electron chi connectivity index (χ2n) is 5.11. The van der Waals surface area contributed by atoms with Gasteiger partial charge in [-0.05, 0) is 45.6 Å². The second-order valence-corrected chi connectivity index (χ2v) is 5.99. The zero-order valence-corrected chi connectivity index (χ0v) is 12.8. The van der Waals surface area contributed by atoms with Crippen LogP contribution in [0.15, 0.2) is 29.8 Å². The monoisotopic (exact) mass is 275 g/mol. The van der Waals surface area contributed by atoms with Crippen LogP contribution in [0.4, 0.5) is 5.69 Å². The Kier molecular flexibility index (Phi) is 4.56. The highest BCUT2D eigenvalue weighted by atomic mass is 32.1. The Balaban J connectivity index is 2.09. The Bertz CT molecular complexity index is 534. The number of aryl methyl sites for hydroxylation is 1. The third-order valence-corrected chi connectivity index (χ3v) is 4.10. The van der Waals surface area contributed by atoms with E-state index in [1.807, 2.05) is 5.51 Å². The van der Waals surface area contributed by atoms with Gasteiger partial charge in [-0.2, -0.15) is 0 Å². The van der Waals surface area contributed by atoms with Crippen molar-refractivity contribution in [3.63, 3.8) is 0 Å². The van der Waals surface area contributed by atoms with E-state index in [-0.39, 0.29) is 0 Å². The standard InChI is InChI=1S/C15H21N3S/c1-11-15(19-10-16-11)12(2)17-14-7-5-6-13(8-14)9-18(3)4/h5-8,10,12,17H,9H2,1-4H3. The van der Waals surface area contributed by atoms with E-state index in [9.17, 15) is 0 Å². The lowest BCUT2D eigenvalue weighted by molar-refractivity contribution is 0.402. The van der Waals surface area contributed by atoms with Gasteiger partial charge in [0.2, 0.25) is 0 Å². The summed E-state index contributed by atoms with van der Waals surface area (Å²) in [6.07, 6.45) is 0. The molecule has 0 spiro atoms. The highest BCUT2D eigenvalue weighted by molar-refractivity contribution is 7.09. The van der Waals surface area contributed by atoms with E-state index < -0.39 is 0 Å². The van der Waals surface area contributed by atoms with Crippen LogP contribution in [0.5, 0.6) is 0 Å². The Labute approximate surface area is 119 Å². The van der Waals surface area contributed by atoms with Gasteiger partial charge in [0.05, 0.1) is 17.2 Å². The zero-order valence-electron chi connectivity index (χ0n) is 12.0. The van der Waals surface area contributed by atoms with Crippen LogP contribution in [0, 0.1) is 6.92 Å². The van der Waals surface area contributed by atoms with Crippen molar-refractivity contribution in [2.24, 2.45) is 0 Å². The molecule has 0 saturated carbocycles. The first kappa shape index (κ1) is 14.0. The van der Waals surface area contributed by atoms with E-state index in [2.05, 4.69) is 67.4 Å². The lowest BCUT2D eigenvalue weighted by atomic mass is 10.1. The largest absolute Gasteiger partial charge is 0.378 e. The van der Waals surface area contributed by atoms with Gasteiger partial charge in [-0.3, -0.25) is 0 Å². The minimum absolute atomic E-state index is 0.294. The SMILES string of the molecule is Cc1ncsc1C(C)Nc1cccc(CN(C)C)c1. The van der Waals surface area contributed by atoms with Gasteiger partial charge in [-0.1, -0.05) is 12.1 Å². The third-order valence-electron chi connectivity index (χ3n) is 2.98. The van der Waals surface area contributed by atoms with Crippen LogP contribution >= 0.6 is 11.3 Å². The number of benzene rings is 1. The second kappa shape index (κ2) is 6.17. The lowest BCUT2D eigenvalue weighted by Gasteiger charge is -2.16. The van der Waals surface area contributed by atoms with Crippen molar-refractivity contribution in [1.29, 1.82) is 0 Å². The smallest absolute Gasteiger partial charge is 0.0798 e. The number of hydrogen-bond donors (Lipinski definition) is 1. The van der Waals surface area contributed by atoms with Crippen LogP contribution in [0.1, 0.15) is 29.1 Å². The summed E-state index contributed by atoms with van der Waals surface area (Å²) in [5.41, 5.74) is 5.52. The molecule has 1 aromatic heterocycles. The number of aromatic nitrogens is 1. The van der Waals surface area contributed by atoms with E-state index in [1.165, 1.54) is 16.1 Å². The van der Waals surface area contributed by atoms with Crippen LogP contribution in [-0.2, 0) is 6.54 Å². The van der Waals surface area contributed by atoms with E-state index in [4.69, 9.17) is 0 Å². The topological polar surface area (TPSA) is 28.2 Å². The molecule has 2 aromatic rings. The Morgan fingerprint density at radius 2 is 2.16 bits per heavy atom. The predicted octanol–water partition coefficient (Wildman–Crippen LogP) is 3.69. The van der Waals surface area contributed by atoms with Gasteiger partial charge in [-0.25, -0.2) is 4.98 Å². The van der Waals surface area contributed by atoms with Crippen molar-refractivity contribution in [1.82, 2.24) is 9.88 Å². The lowest BCUT2D eigenvalue weighted by Crippen LogP contribution is -2.11. The molecule has 4 heteroatoms. The number of rotatable bonds is 5. The minimum Gasteiger partial charge on any atom is -0.378 e. The molecule has 3 nitrogen and oxygen atoms in total. The van der Waals surface area contributed by atoms with Gasteiger partial charge >= 0.3 is 0 Å². The maximum absolute atomic E-state index is 4.31. The van der Waals surface area contributed by atoms with Crippen LogP contribution in [0.3, 0.4) is 0 Å². The molecule has 0 aliphatic rings. The summed E-state index contributed by atoms with van der Waals surface area (Å²) in [5, 5.41) is 3.55. The van der Waals surface area contributed by atoms with Crippen molar-refractivity contribution < 1.29 is 0 Å². The molecule has 0 saturated heterocycles. The van der Waals surface area contributed by atoms with Gasteiger partial charge < -0.3 is 10.2 Å². The molecule has 0 aliphatic heterocycles. The normalized spacial score (nSPS) is 12.7. The third kappa shape index (κ3) is 3.78. The molecule has 1 atom stereocenters. The molecular weight excluding hydrogens is 254 g/mol. The molecule has 0 radical (unpaired) electrons. The summed E-state index contributed by atoms with van der Waals surface area (Å²) < 4.78 is 0. The fraction of sp³-hybridized carbons (Fsp3) is 0.400. The van der Waals surface area contributed by atoms with Crippen molar-refractivity contribution in [2.45, 2.75) is 26.4 Å². The summed E-state index contributed by atoms with van der Waals surface area (Å²) in [5.74, 6) is 0. The van der Waals surface area contributed by atoms with E-state index >= 15 is 0 Å². The van der Waals surface area contributed by atoms with Gasteiger partial charge in [-0.15, -0.1) is 11.3 Å². The maximum Gasteiger partial charge on any atom is 0.0798 e. The van der Waals surface area contributed by atoms with E-state index in [0.717, 1.165) is 12.2 Å². The first-order valence-corrected chi connectivity index (χ1v) is 7.34. The summed E-state index contributed by atoms with van der Waals surface area (Å²) in [7, 11) is 4.17. The van der Waals surface area contributed by atoms with Crippen molar-refractivity contribution in [3.05, 3.63) is 45.9 Å². The van der Waals surface area contributed by atoms with Crippen LogP contribution in [-0.4, -0.2) is 24.0 Å². The van der Waals surface area contributed by atoms with Gasteiger partial charge in [0.1, 0.15) is 0 Å². The van der Waals surface area contributed by atoms with Crippen molar-refractivity contribution >= 4 is 17.0 Å². The number of thiazole rings is 1. The molecule has 2 rings (SSSR count). The summed E-state index contributed by atoms with van der Waals surface area (Å²) in [6.45, 7) is 5.20. The molecule has 1 heterocycles. The molecule has 1 N–H and O–H groups in total. The molecule has 0 amide bonds. The quantitative estimate of drug-likeness (QED) is 0.902. The van der Waals surface area contributed by atoms with Crippen LogP contribution < -0.4 is 5.32 Å². The van der Waals surface area contributed by atoms with Crippen LogP contribution in [0.2, 0.25) is 0 Å². The highest BCUT2D eigenvalue weighted by Crippen LogP contribution is 2.25. The summed E-state index contributed by atoms with van der Waals surface area (Å²) in [4.78, 5) is 7.79. The molecule has 1 unspecified atom stereocenters. The molecule has 19 heavy (non-hydrogen) atoms. The summed E-state index contributed by atoms with van der Waals surface area (Å²) in [6, 6.07) is 8.89. The predicted molar refractivity (Wildman–Crippen MR) is 82.7 cm³/mol. The fourth-order valence-corrected chi connectivity index (χ4v) is 2.98. The first-order chi connectivity index (χ1) is 9.06. The number of hydrogen-bond acceptors (Lipinski definition) is 4. The van der Waals surface area contributed by atoms with Gasteiger partial charge in [0.25, 0.3) is 0 Å². The average molecular weight is 275 g/mol. The van der Waals surface area contributed by atoms with Crippen molar-refractivity contribution in [2.75, 3.05) is 19.4 Å². The molecule has 0 fully saturated rings. The molecule has 102 valence electrons. The van der Waals surface area contributed by atoms with Crippen molar-refractivity contribution in [3.8, 4) is 0 Å². The van der Waals surface area contributed by atoms with Crippen LogP contribution in [0.25, 0.3) is 0 Å². The highest BCUT2D eigenvalue weighted by Gasteiger charge is 2.10. The molecular formula is C15H21N3S. The Morgan fingerprint density at radius 3 is 2.79 bits per heavy atom. The average Bonchev–Trinajstić information content (AvgIpc) is 2.75. The zero-order chi connectivity index (χ0) is 13.8.